The molecule has 0 saturated heterocycles. The van der Waals surface area contributed by atoms with E-state index < -0.39 is 5.97 Å². The quantitative estimate of drug-likeness (QED) is 0.814. The number of hydrogen-bond donors (Lipinski definition) is 2. The van der Waals surface area contributed by atoms with Crippen LogP contribution in [0.5, 0.6) is 0 Å². The van der Waals surface area contributed by atoms with Gasteiger partial charge in [-0.25, -0.2) is 4.79 Å². The molecule has 1 saturated carbocycles. The van der Waals surface area contributed by atoms with Gasteiger partial charge in [0.05, 0.1) is 16.3 Å². The normalized spacial score (nSPS) is 15.4. The van der Waals surface area contributed by atoms with Gasteiger partial charge in [0.1, 0.15) is 0 Å². The summed E-state index contributed by atoms with van der Waals surface area (Å²) < 4.78 is 0. The van der Waals surface area contributed by atoms with Crippen LogP contribution in [-0.2, 0) is 0 Å². The van der Waals surface area contributed by atoms with E-state index >= 15 is 0 Å². The maximum absolute atomic E-state index is 11.2. The van der Waals surface area contributed by atoms with E-state index in [1.807, 2.05) is 11.9 Å². The summed E-state index contributed by atoms with van der Waals surface area (Å²) in [6, 6.07) is 3.44. The molecule has 1 fully saturated rings. The van der Waals surface area contributed by atoms with Crippen molar-refractivity contribution < 1.29 is 9.90 Å². The van der Waals surface area contributed by atoms with Crippen molar-refractivity contribution in [2.45, 2.75) is 25.3 Å². The number of nitrogen functional groups attached to an aromatic ring is 1. The van der Waals surface area contributed by atoms with Crippen molar-refractivity contribution in [2.75, 3.05) is 17.7 Å². The lowest BCUT2D eigenvalue weighted by molar-refractivity contribution is 0.0697. The van der Waals surface area contributed by atoms with Crippen molar-refractivity contribution in [1.82, 2.24) is 0 Å². The summed E-state index contributed by atoms with van der Waals surface area (Å²) in [7, 11) is 1.88. The highest BCUT2D eigenvalue weighted by molar-refractivity contribution is 6.34. The molecule has 0 aromatic heterocycles. The Hall–Kier alpha value is -1.42. The molecule has 92 valence electrons. The van der Waals surface area contributed by atoms with E-state index in [0.29, 0.717) is 22.4 Å². The number of nitrogens with zero attached hydrogens (tertiary/aromatic N) is 1. The maximum atomic E-state index is 11.2. The standard InChI is InChI=1S/C12H15ClN2O2/c1-15(8-3-2-4-8)11-9(12(16)17)5-7(14)6-10(11)13/h5-6,8H,2-4,14H2,1H3,(H,16,17). The molecule has 1 aromatic carbocycles. The van der Waals surface area contributed by atoms with Crippen LogP contribution >= 0.6 is 11.6 Å². The average Bonchev–Trinajstić information content (AvgIpc) is 2.12. The number of rotatable bonds is 3. The first-order valence-corrected chi connectivity index (χ1v) is 5.93. The number of halogens is 1. The molecule has 0 spiro atoms. The molecule has 0 heterocycles. The van der Waals surface area contributed by atoms with Crippen LogP contribution in [0.1, 0.15) is 29.6 Å². The monoisotopic (exact) mass is 254 g/mol. The Bertz CT molecular complexity index is 458. The number of benzene rings is 1. The fraction of sp³-hybridized carbons (Fsp3) is 0.417. The van der Waals surface area contributed by atoms with Gasteiger partial charge in [-0.1, -0.05) is 11.6 Å². The van der Waals surface area contributed by atoms with Crippen molar-refractivity contribution in [3.05, 3.63) is 22.7 Å². The van der Waals surface area contributed by atoms with E-state index in [9.17, 15) is 9.90 Å². The molecule has 5 heteroatoms. The predicted octanol–water partition coefficient (Wildman–Crippen LogP) is 2.61. The van der Waals surface area contributed by atoms with Gasteiger partial charge < -0.3 is 15.7 Å². The van der Waals surface area contributed by atoms with Crippen molar-refractivity contribution in [3.63, 3.8) is 0 Å². The van der Waals surface area contributed by atoms with Gasteiger partial charge in [-0.3, -0.25) is 0 Å². The first-order chi connectivity index (χ1) is 8.00. The van der Waals surface area contributed by atoms with Crippen LogP contribution in [0, 0.1) is 0 Å². The molecule has 0 bridgehead atoms. The zero-order valence-corrected chi connectivity index (χ0v) is 10.4. The predicted molar refractivity (Wildman–Crippen MR) is 68.9 cm³/mol. The molecule has 17 heavy (non-hydrogen) atoms. The summed E-state index contributed by atoms with van der Waals surface area (Å²) in [5.41, 5.74) is 6.73. The maximum Gasteiger partial charge on any atom is 0.337 e. The van der Waals surface area contributed by atoms with Gasteiger partial charge in [0, 0.05) is 18.8 Å². The second kappa shape index (κ2) is 4.45. The molecule has 4 nitrogen and oxygen atoms in total. The van der Waals surface area contributed by atoms with E-state index in [1.165, 1.54) is 12.5 Å². The van der Waals surface area contributed by atoms with Crippen molar-refractivity contribution in [1.29, 1.82) is 0 Å². The van der Waals surface area contributed by atoms with Crippen molar-refractivity contribution in [2.24, 2.45) is 0 Å². The molecule has 2 rings (SSSR count). The Morgan fingerprint density at radius 2 is 2.18 bits per heavy atom. The molecule has 1 aromatic rings. The Labute approximate surface area is 105 Å². The second-order valence-electron chi connectivity index (χ2n) is 4.40. The number of carbonyl (C=O) groups is 1. The lowest BCUT2D eigenvalue weighted by atomic mass is 9.91. The van der Waals surface area contributed by atoms with E-state index in [0.717, 1.165) is 12.8 Å². The molecule has 1 aliphatic rings. The third kappa shape index (κ3) is 2.17. The van der Waals surface area contributed by atoms with Crippen molar-refractivity contribution >= 4 is 28.9 Å². The molecule has 0 aliphatic heterocycles. The molecule has 0 atom stereocenters. The number of anilines is 2. The zero-order valence-electron chi connectivity index (χ0n) is 9.61. The van der Waals surface area contributed by atoms with E-state index in [-0.39, 0.29) is 5.56 Å². The van der Waals surface area contributed by atoms with Crippen LogP contribution < -0.4 is 10.6 Å². The molecule has 0 amide bonds. The van der Waals surface area contributed by atoms with Gasteiger partial charge >= 0.3 is 5.97 Å². The SMILES string of the molecule is CN(c1c(Cl)cc(N)cc1C(=O)O)C1CCC1. The van der Waals surface area contributed by atoms with Crippen LogP contribution in [0.3, 0.4) is 0 Å². The molecular weight excluding hydrogens is 240 g/mol. The van der Waals surface area contributed by atoms with Crippen LogP contribution in [0.2, 0.25) is 5.02 Å². The Balaban J connectivity index is 2.46. The lowest BCUT2D eigenvalue weighted by Crippen LogP contribution is -2.38. The smallest absolute Gasteiger partial charge is 0.337 e. The second-order valence-corrected chi connectivity index (χ2v) is 4.81. The summed E-state index contributed by atoms with van der Waals surface area (Å²) in [6.45, 7) is 0. The minimum atomic E-state index is -1.000. The van der Waals surface area contributed by atoms with Gasteiger partial charge in [-0.05, 0) is 31.4 Å². The lowest BCUT2D eigenvalue weighted by Gasteiger charge is -2.37. The summed E-state index contributed by atoms with van der Waals surface area (Å²) in [5, 5.41) is 9.59. The number of aromatic carboxylic acids is 1. The summed E-state index contributed by atoms with van der Waals surface area (Å²) >= 11 is 6.11. The van der Waals surface area contributed by atoms with E-state index in [2.05, 4.69) is 0 Å². The topological polar surface area (TPSA) is 66.6 Å². The van der Waals surface area contributed by atoms with Crippen LogP contribution in [0.15, 0.2) is 12.1 Å². The third-order valence-corrected chi connectivity index (χ3v) is 3.58. The average molecular weight is 255 g/mol. The largest absolute Gasteiger partial charge is 0.478 e. The number of nitrogens with two attached hydrogens (primary N) is 1. The van der Waals surface area contributed by atoms with E-state index in [1.54, 1.807) is 6.07 Å². The first kappa shape index (κ1) is 12.0. The highest BCUT2D eigenvalue weighted by Gasteiger charge is 2.27. The molecule has 0 radical (unpaired) electrons. The zero-order chi connectivity index (χ0) is 12.6. The van der Waals surface area contributed by atoms with Gasteiger partial charge in [0.15, 0.2) is 0 Å². The molecule has 0 unspecified atom stereocenters. The molecule has 1 aliphatic carbocycles. The van der Waals surface area contributed by atoms with E-state index in [4.69, 9.17) is 17.3 Å². The van der Waals surface area contributed by atoms with Gasteiger partial charge in [-0.2, -0.15) is 0 Å². The highest BCUT2D eigenvalue weighted by Crippen LogP contribution is 2.36. The first-order valence-electron chi connectivity index (χ1n) is 5.56. The fourth-order valence-electron chi connectivity index (χ4n) is 2.10. The van der Waals surface area contributed by atoms with Gasteiger partial charge in [0.2, 0.25) is 0 Å². The summed E-state index contributed by atoms with van der Waals surface area (Å²) in [6.07, 6.45) is 3.34. The Morgan fingerprint density at radius 1 is 1.53 bits per heavy atom. The number of carboxylic acid groups (broad SMARTS) is 1. The molecular formula is C12H15ClN2O2. The molecule has 3 N–H and O–H groups in total. The minimum absolute atomic E-state index is 0.171. The number of carboxylic acids is 1. The fourth-order valence-corrected chi connectivity index (χ4v) is 2.46. The highest BCUT2D eigenvalue weighted by atomic mass is 35.5. The van der Waals surface area contributed by atoms with Gasteiger partial charge in [0.25, 0.3) is 0 Å². The summed E-state index contributed by atoms with van der Waals surface area (Å²) in [4.78, 5) is 13.2. The van der Waals surface area contributed by atoms with Crippen molar-refractivity contribution in [3.8, 4) is 0 Å². The Kier molecular flexibility index (Phi) is 3.15. The minimum Gasteiger partial charge on any atom is -0.478 e. The summed E-state index contributed by atoms with van der Waals surface area (Å²) in [5.74, 6) is -1.000. The third-order valence-electron chi connectivity index (χ3n) is 3.29. The van der Waals surface area contributed by atoms with Gasteiger partial charge in [-0.15, -0.1) is 0 Å². The van der Waals surface area contributed by atoms with Crippen LogP contribution in [-0.4, -0.2) is 24.2 Å². The van der Waals surface area contributed by atoms with Crippen LogP contribution in [0.4, 0.5) is 11.4 Å². The van der Waals surface area contributed by atoms with Crippen LogP contribution in [0.25, 0.3) is 0 Å². The number of hydrogen-bond acceptors (Lipinski definition) is 3. The Morgan fingerprint density at radius 3 is 2.65 bits per heavy atom.